The zero-order valence-electron chi connectivity index (χ0n) is 16.5. The molecule has 1 aliphatic rings. The maximum absolute atomic E-state index is 13.1. The van der Waals surface area contributed by atoms with Gasteiger partial charge in [-0.05, 0) is 31.0 Å². The molecule has 13 heteroatoms. The fourth-order valence-corrected chi connectivity index (χ4v) is 7.90. The molecule has 0 saturated carbocycles. The Morgan fingerprint density at radius 3 is 2.78 bits per heavy atom. The molecule has 168 valence electrons. The molecule has 2 aromatic heterocycles. The number of nitrogens with zero attached hydrogens (tertiary/aromatic N) is 4. The summed E-state index contributed by atoms with van der Waals surface area (Å²) in [6, 6.07) is 6.43. The lowest BCUT2D eigenvalue weighted by Gasteiger charge is -2.20. The summed E-state index contributed by atoms with van der Waals surface area (Å²) < 4.78 is 30.0. The molecule has 3 aromatic rings. The van der Waals surface area contributed by atoms with Gasteiger partial charge in [0, 0.05) is 25.2 Å². The van der Waals surface area contributed by atoms with Crippen LogP contribution in [-0.2, 0) is 21.4 Å². The van der Waals surface area contributed by atoms with Gasteiger partial charge in [-0.15, -0.1) is 17.9 Å². The number of fused-ring (bicyclic) bond motifs is 1. The van der Waals surface area contributed by atoms with Crippen LogP contribution in [0.2, 0.25) is 4.34 Å². The number of carbonyl (C=O) groups is 1. The van der Waals surface area contributed by atoms with E-state index in [4.69, 9.17) is 11.6 Å². The fraction of sp³-hybridized carbons (Fsp3) is 0.263. The van der Waals surface area contributed by atoms with Crippen LogP contribution in [-0.4, -0.2) is 40.7 Å². The average molecular weight is 513 g/mol. The van der Waals surface area contributed by atoms with Crippen LogP contribution in [0.5, 0.6) is 0 Å². The minimum atomic E-state index is -3.87. The molecule has 0 bridgehead atoms. The van der Waals surface area contributed by atoms with Crippen LogP contribution >= 0.6 is 34.3 Å². The highest BCUT2D eigenvalue weighted by atomic mass is 35.5. The van der Waals surface area contributed by atoms with Crippen molar-refractivity contribution >= 4 is 66.1 Å². The average Bonchev–Trinajstić information content (AvgIpc) is 3.47. The van der Waals surface area contributed by atoms with Crippen molar-refractivity contribution in [2.24, 2.45) is 4.99 Å². The number of rotatable bonds is 6. The predicted octanol–water partition coefficient (Wildman–Crippen LogP) is 3.79. The molecule has 0 spiro atoms. The molecule has 1 amide bonds. The quantitative estimate of drug-likeness (QED) is 0.283. The van der Waals surface area contributed by atoms with Crippen molar-refractivity contribution in [1.29, 1.82) is 0 Å². The van der Waals surface area contributed by atoms with Gasteiger partial charge in [0.25, 0.3) is 21.6 Å². The lowest BCUT2D eigenvalue weighted by Crippen LogP contribution is -2.40. The molecular formula is C19H17ClN4O5S3. The molecule has 1 aliphatic heterocycles. The highest BCUT2D eigenvalue weighted by Gasteiger charge is 2.40. The largest absolute Gasteiger partial charge is 0.312 e. The predicted molar refractivity (Wildman–Crippen MR) is 123 cm³/mol. The molecular weight excluding hydrogens is 496 g/mol. The number of thiophene rings is 1. The van der Waals surface area contributed by atoms with Gasteiger partial charge in [-0.3, -0.25) is 14.9 Å². The topological polar surface area (TPSA) is 115 Å². The molecule has 3 heterocycles. The van der Waals surface area contributed by atoms with E-state index in [-0.39, 0.29) is 16.4 Å². The van der Waals surface area contributed by atoms with Crippen LogP contribution in [0.15, 0.2) is 52.2 Å². The van der Waals surface area contributed by atoms with E-state index in [9.17, 15) is 23.3 Å². The number of hydrogen-bond acceptors (Lipinski definition) is 7. The number of sulfonamides is 1. The molecule has 0 N–H and O–H groups in total. The Morgan fingerprint density at radius 1 is 1.34 bits per heavy atom. The summed E-state index contributed by atoms with van der Waals surface area (Å²) in [4.78, 5) is 28.3. The minimum absolute atomic E-state index is 0.0648. The lowest BCUT2D eigenvalue weighted by molar-refractivity contribution is -0.384. The van der Waals surface area contributed by atoms with Crippen LogP contribution in [0, 0.1) is 10.1 Å². The first-order valence-corrected chi connectivity index (χ1v) is 12.9. The summed E-state index contributed by atoms with van der Waals surface area (Å²) in [5.74, 6) is -0.576. The van der Waals surface area contributed by atoms with Crippen molar-refractivity contribution < 1.29 is 18.1 Å². The smallest absolute Gasteiger partial charge is 0.270 e. The Bertz CT molecular complexity index is 1410. The first kappa shape index (κ1) is 22.8. The Labute approximate surface area is 196 Å². The molecule has 1 aromatic carbocycles. The number of nitro benzene ring substituents is 1. The summed E-state index contributed by atoms with van der Waals surface area (Å²) in [7, 11) is -3.87. The lowest BCUT2D eigenvalue weighted by atomic mass is 10.2. The number of benzene rings is 1. The number of aromatic nitrogens is 1. The van der Waals surface area contributed by atoms with Crippen molar-refractivity contribution in [2.45, 2.75) is 29.6 Å². The third-order valence-electron chi connectivity index (χ3n) is 4.99. The molecule has 0 radical (unpaired) electrons. The zero-order valence-corrected chi connectivity index (χ0v) is 19.7. The summed E-state index contributed by atoms with van der Waals surface area (Å²) in [6.07, 6.45) is 2.53. The molecule has 4 rings (SSSR count). The summed E-state index contributed by atoms with van der Waals surface area (Å²) >= 11 is 7.97. The Balaban J connectivity index is 1.74. The van der Waals surface area contributed by atoms with E-state index in [2.05, 4.69) is 11.6 Å². The van der Waals surface area contributed by atoms with Gasteiger partial charge in [0.05, 0.1) is 19.5 Å². The zero-order chi connectivity index (χ0) is 23.0. The number of amides is 1. The monoisotopic (exact) mass is 512 g/mol. The van der Waals surface area contributed by atoms with E-state index < -0.39 is 26.9 Å². The van der Waals surface area contributed by atoms with Crippen LogP contribution in [0.4, 0.5) is 5.69 Å². The second kappa shape index (κ2) is 8.87. The van der Waals surface area contributed by atoms with Gasteiger partial charge in [-0.1, -0.05) is 29.0 Å². The number of halogens is 1. The van der Waals surface area contributed by atoms with Crippen molar-refractivity contribution in [2.75, 3.05) is 6.54 Å². The standard InChI is InChI=1S/C19H17ClN4O5S3/c1-2-9-22-13-6-5-12(24(26)27)11-15(13)30-19(22)21-18(25)14-4-3-10-23(14)32(28,29)17-8-7-16(20)31-17/h2,5-8,11,14H,1,3-4,9-10H2. The molecule has 1 atom stereocenters. The normalized spacial score (nSPS) is 17.8. The first-order valence-electron chi connectivity index (χ1n) is 9.47. The maximum atomic E-state index is 13.1. The van der Waals surface area contributed by atoms with Crippen molar-refractivity contribution in [3.05, 3.63) is 62.2 Å². The van der Waals surface area contributed by atoms with Gasteiger partial charge in [0.1, 0.15) is 10.3 Å². The summed E-state index contributed by atoms with van der Waals surface area (Å²) in [6.45, 7) is 4.27. The Hall–Kier alpha value is -2.38. The van der Waals surface area contributed by atoms with Crippen LogP contribution in [0.25, 0.3) is 10.2 Å². The van der Waals surface area contributed by atoms with Crippen molar-refractivity contribution in [3.8, 4) is 0 Å². The van der Waals surface area contributed by atoms with E-state index in [1.54, 1.807) is 16.7 Å². The fourth-order valence-electron chi connectivity index (χ4n) is 3.56. The third-order valence-corrected chi connectivity index (χ3v) is 9.64. The van der Waals surface area contributed by atoms with E-state index in [0.717, 1.165) is 22.7 Å². The summed E-state index contributed by atoms with van der Waals surface area (Å²) in [5, 5.41) is 11.1. The number of allylic oxidation sites excluding steroid dienone is 1. The molecule has 1 saturated heterocycles. The number of hydrogen-bond donors (Lipinski definition) is 0. The van der Waals surface area contributed by atoms with Crippen molar-refractivity contribution in [3.63, 3.8) is 0 Å². The second-order valence-corrected chi connectivity index (χ2v) is 11.8. The van der Waals surface area contributed by atoms with E-state index in [0.29, 0.717) is 38.7 Å². The highest BCUT2D eigenvalue weighted by molar-refractivity contribution is 7.91. The van der Waals surface area contributed by atoms with Gasteiger partial charge in [-0.25, -0.2) is 8.42 Å². The summed E-state index contributed by atoms with van der Waals surface area (Å²) in [5.41, 5.74) is 0.612. The first-order chi connectivity index (χ1) is 15.2. The van der Waals surface area contributed by atoms with Crippen LogP contribution in [0.3, 0.4) is 0 Å². The second-order valence-electron chi connectivity index (χ2n) is 6.98. The van der Waals surface area contributed by atoms with Crippen molar-refractivity contribution in [1.82, 2.24) is 8.87 Å². The third kappa shape index (κ3) is 4.16. The van der Waals surface area contributed by atoms with Gasteiger partial charge < -0.3 is 4.57 Å². The molecule has 1 fully saturated rings. The highest BCUT2D eigenvalue weighted by Crippen LogP contribution is 2.32. The number of carbonyl (C=O) groups excluding carboxylic acids is 1. The van der Waals surface area contributed by atoms with Gasteiger partial charge in [0.15, 0.2) is 4.80 Å². The number of non-ortho nitro benzene ring substituents is 1. The maximum Gasteiger partial charge on any atom is 0.270 e. The molecule has 1 unspecified atom stereocenters. The molecule has 32 heavy (non-hydrogen) atoms. The van der Waals surface area contributed by atoms with Crippen LogP contribution in [0.1, 0.15) is 12.8 Å². The van der Waals surface area contributed by atoms with Gasteiger partial charge >= 0.3 is 0 Å². The minimum Gasteiger partial charge on any atom is -0.312 e. The van der Waals surface area contributed by atoms with E-state index in [1.165, 1.54) is 28.6 Å². The number of thiazole rings is 1. The SMILES string of the molecule is C=CCn1c(=NC(=O)C2CCCN2S(=O)(=O)c2ccc(Cl)s2)sc2cc([N+](=O)[O-])ccc21. The van der Waals surface area contributed by atoms with Gasteiger partial charge in [0.2, 0.25) is 0 Å². The van der Waals surface area contributed by atoms with E-state index >= 15 is 0 Å². The molecule has 0 aliphatic carbocycles. The number of nitro groups is 1. The van der Waals surface area contributed by atoms with Gasteiger partial charge in [-0.2, -0.15) is 9.30 Å². The molecule has 9 nitrogen and oxygen atoms in total. The van der Waals surface area contributed by atoms with Crippen LogP contribution < -0.4 is 4.80 Å². The Kier molecular flexibility index (Phi) is 6.32. The Morgan fingerprint density at radius 2 is 2.12 bits per heavy atom. The van der Waals surface area contributed by atoms with E-state index in [1.807, 2.05) is 0 Å².